The second-order valence-corrected chi connectivity index (χ2v) is 6.24. The minimum atomic E-state index is -4.36. The molecule has 0 atom stereocenters. The number of fused-ring (bicyclic) bond motifs is 1. The average molecular weight is 358 g/mol. The summed E-state index contributed by atoms with van der Waals surface area (Å²) in [5.41, 5.74) is 2.10. The van der Waals surface area contributed by atoms with Gasteiger partial charge in [0.2, 0.25) is 0 Å². The van der Waals surface area contributed by atoms with E-state index in [-0.39, 0.29) is 0 Å². The highest BCUT2D eigenvalue weighted by Crippen LogP contribution is 2.34. The number of nitrogens with one attached hydrogen (secondary N) is 1. The zero-order valence-corrected chi connectivity index (χ0v) is 13.6. The van der Waals surface area contributed by atoms with Crippen molar-refractivity contribution in [3.8, 4) is 0 Å². The summed E-state index contributed by atoms with van der Waals surface area (Å²) in [6.45, 7) is 1.65. The largest absolute Gasteiger partial charge is 0.416 e. The molecule has 0 aliphatic heterocycles. The quantitative estimate of drug-likeness (QED) is 0.546. The van der Waals surface area contributed by atoms with Gasteiger partial charge in [-0.3, -0.25) is 0 Å². The van der Waals surface area contributed by atoms with Gasteiger partial charge in [-0.15, -0.1) is 0 Å². The van der Waals surface area contributed by atoms with Crippen LogP contribution in [0.25, 0.3) is 10.9 Å². The van der Waals surface area contributed by atoms with Gasteiger partial charge < -0.3 is 4.98 Å². The Morgan fingerprint density at radius 1 is 1.04 bits per heavy atom. The molecule has 2 aromatic carbocycles. The summed E-state index contributed by atoms with van der Waals surface area (Å²) in [6.07, 6.45) is -3.93. The Labute approximate surface area is 141 Å². The minimum Gasteiger partial charge on any atom is -0.358 e. The van der Waals surface area contributed by atoms with Crippen LogP contribution in [0.3, 0.4) is 0 Å². The molecular formula is C17H12Cl2F3N. The number of hydrogen-bond donors (Lipinski definition) is 1. The Hall–Kier alpha value is -1.65. The van der Waals surface area contributed by atoms with Crippen LogP contribution >= 0.6 is 23.2 Å². The fourth-order valence-corrected chi connectivity index (χ4v) is 3.17. The lowest BCUT2D eigenvalue weighted by Gasteiger charge is -2.08. The van der Waals surface area contributed by atoms with Crippen LogP contribution in [-0.2, 0) is 12.6 Å². The molecule has 23 heavy (non-hydrogen) atoms. The summed E-state index contributed by atoms with van der Waals surface area (Å²) in [5, 5.41) is 1.59. The lowest BCUT2D eigenvalue weighted by atomic mass is 10.1. The first-order chi connectivity index (χ1) is 10.8. The highest BCUT2D eigenvalue weighted by atomic mass is 35.5. The lowest BCUT2D eigenvalue weighted by Crippen LogP contribution is -2.04. The van der Waals surface area contributed by atoms with Crippen LogP contribution in [-0.4, -0.2) is 4.98 Å². The van der Waals surface area contributed by atoms with Gasteiger partial charge >= 0.3 is 6.18 Å². The predicted octanol–water partition coefficient (Wildman–Crippen LogP) is 6.39. The molecule has 0 saturated carbocycles. The highest BCUT2D eigenvalue weighted by Gasteiger charge is 2.31. The van der Waals surface area contributed by atoms with Crippen molar-refractivity contribution in [3.05, 3.63) is 68.8 Å². The van der Waals surface area contributed by atoms with Gasteiger partial charge in [-0.05, 0) is 48.4 Å². The van der Waals surface area contributed by atoms with Crippen molar-refractivity contribution in [2.45, 2.75) is 19.5 Å². The van der Waals surface area contributed by atoms with Crippen LogP contribution in [0.2, 0.25) is 10.0 Å². The van der Waals surface area contributed by atoms with E-state index in [0.717, 1.165) is 23.4 Å². The van der Waals surface area contributed by atoms with E-state index in [9.17, 15) is 13.2 Å². The number of hydrogen-bond acceptors (Lipinski definition) is 0. The summed E-state index contributed by atoms with van der Waals surface area (Å²) in [6, 6.07) is 9.22. The molecule has 0 amide bonds. The van der Waals surface area contributed by atoms with Gasteiger partial charge in [-0.1, -0.05) is 29.3 Å². The van der Waals surface area contributed by atoms with Gasteiger partial charge in [0.15, 0.2) is 0 Å². The number of aromatic amines is 1. The van der Waals surface area contributed by atoms with Crippen LogP contribution in [0.15, 0.2) is 36.4 Å². The van der Waals surface area contributed by atoms with E-state index in [0.29, 0.717) is 32.9 Å². The number of H-pyrrole nitrogens is 1. The molecular weight excluding hydrogens is 346 g/mol. The van der Waals surface area contributed by atoms with Crippen LogP contribution in [0, 0.1) is 6.92 Å². The molecule has 1 N–H and O–H groups in total. The Morgan fingerprint density at radius 3 is 2.30 bits per heavy atom. The second-order valence-electron chi connectivity index (χ2n) is 5.43. The fraction of sp³-hybridized carbons (Fsp3) is 0.176. The van der Waals surface area contributed by atoms with Crippen LogP contribution in [0.1, 0.15) is 22.4 Å². The maximum atomic E-state index is 12.9. The van der Waals surface area contributed by atoms with Crippen molar-refractivity contribution in [2.75, 3.05) is 0 Å². The maximum Gasteiger partial charge on any atom is 0.416 e. The zero-order valence-electron chi connectivity index (χ0n) is 12.1. The number of rotatable bonds is 2. The number of benzene rings is 2. The third-order valence-corrected chi connectivity index (χ3v) is 4.45. The molecule has 0 radical (unpaired) electrons. The van der Waals surface area contributed by atoms with E-state index in [1.165, 1.54) is 0 Å². The van der Waals surface area contributed by atoms with E-state index >= 15 is 0 Å². The molecule has 0 aliphatic rings. The standard InChI is InChI=1S/C17H12Cl2F3N/c1-9-5-11(17(20,21)22)6-10-7-12(23-16(9)10)8-13-14(18)3-2-4-15(13)19/h2-7,23H,8H2,1H3. The summed E-state index contributed by atoms with van der Waals surface area (Å²) < 4.78 is 38.7. The summed E-state index contributed by atoms with van der Waals surface area (Å²) >= 11 is 12.3. The van der Waals surface area contributed by atoms with Crippen molar-refractivity contribution in [1.82, 2.24) is 4.98 Å². The first kappa shape index (κ1) is 16.2. The maximum absolute atomic E-state index is 12.9. The number of aryl methyl sites for hydroxylation is 1. The Kier molecular flexibility index (Phi) is 4.07. The predicted molar refractivity (Wildman–Crippen MR) is 87.3 cm³/mol. The second kappa shape index (κ2) is 5.77. The third kappa shape index (κ3) is 3.19. The molecule has 1 heterocycles. The van der Waals surface area contributed by atoms with E-state index in [2.05, 4.69) is 4.98 Å². The molecule has 0 fully saturated rings. The molecule has 120 valence electrons. The van der Waals surface area contributed by atoms with Gasteiger partial charge in [0, 0.05) is 33.1 Å². The molecule has 0 aliphatic carbocycles. The topological polar surface area (TPSA) is 15.8 Å². The molecule has 3 rings (SSSR count). The van der Waals surface area contributed by atoms with Crippen LogP contribution in [0.4, 0.5) is 13.2 Å². The van der Waals surface area contributed by atoms with Crippen LogP contribution in [0.5, 0.6) is 0 Å². The summed E-state index contributed by atoms with van der Waals surface area (Å²) in [4.78, 5) is 3.16. The lowest BCUT2D eigenvalue weighted by molar-refractivity contribution is -0.137. The molecule has 6 heteroatoms. The first-order valence-corrected chi connectivity index (χ1v) is 7.63. The van der Waals surface area contributed by atoms with E-state index in [4.69, 9.17) is 23.2 Å². The van der Waals surface area contributed by atoms with Crippen molar-refractivity contribution < 1.29 is 13.2 Å². The molecule has 0 spiro atoms. The SMILES string of the molecule is Cc1cc(C(F)(F)F)cc2cc(Cc3c(Cl)cccc3Cl)[nH]c12. The van der Waals surface area contributed by atoms with E-state index < -0.39 is 11.7 Å². The normalized spacial score (nSPS) is 12.1. The molecule has 1 nitrogen and oxygen atoms in total. The molecule has 1 aromatic heterocycles. The molecule has 0 unspecified atom stereocenters. The van der Waals surface area contributed by atoms with Crippen molar-refractivity contribution in [3.63, 3.8) is 0 Å². The average Bonchev–Trinajstić information content (AvgIpc) is 2.85. The fourth-order valence-electron chi connectivity index (χ4n) is 2.63. The summed E-state index contributed by atoms with van der Waals surface area (Å²) in [5.74, 6) is 0. The van der Waals surface area contributed by atoms with Gasteiger partial charge in [0.25, 0.3) is 0 Å². The first-order valence-electron chi connectivity index (χ1n) is 6.88. The van der Waals surface area contributed by atoms with Crippen molar-refractivity contribution in [2.24, 2.45) is 0 Å². The minimum absolute atomic E-state index is 0.425. The molecule has 3 aromatic rings. The zero-order chi connectivity index (χ0) is 16.8. The van der Waals surface area contributed by atoms with Gasteiger partial charge in [0.05, 0.1) is 5.56 Å². The van der Waals surface area contributed by atoms with Crippen molar-refractivity contribution >= 4 is 34.1 Å². The monoisotopic (exact) mass is 357 g/mol. The molecule has 0 bridgehead atoms. The number of alkyl halides is 3. The van der Waals surface area contributed by atoms with Crippen molar-refractivity contribution in [1.29, 1.82) is 0 Å². The van der Waals surface area contributed by atoms with Gasteiger partial charge in [-0.2, -0.15) is 13.2 Å². The van der Waals surface area contributed by atoms with Gasteiger partial charge in [-0.25, -0.2) is 0 Å². The smallest absolute Gasteiger partial charge is 0.358 e. The Balaban J connectivity index is 2.05. The van der Waals surface area contributed by atoms with Crippen LogP contribution < -0.4 is 0 Å². The van der Waals surface area contributed by atoms with E-state index in [1.54, 1.807) is 31.2 Å². The number of halogens is 5. The third-order valence-electron chi connectivity index (χ3n) is 3.74. The highest BCUT2D eigenvalue weighted by molar-refractivity contribution is 6.36. The molecule has 0 saturated heterocycles. The van der Waals surface area contributed by atoms with E-state index in [1.807, 2.05) is 0 Å². The Morgan fingerprint density at radius 2 is 1.70 bits per heavy atom. The number of aromatic nitrogens is 1. The Bertz CT molecular complexity index is 861. The van der Waals surface area contributed by atoms with Gasteiger partial charge in [0.1, 0.15) is 0 Å². The summed E-state index contributed by atoms with van der Waals surface area (Å²) in [7, 11) is 0.